The maximum Gasteiger partial charge on any atom is 0.161 e. The van der Waals surface area contributed by atoms with Crippen molar-refractivity contribution < 1.29 is 19.0 Å². The third-order valence-electron chi connectivity index (χ3n) is 7.09. The van der Waals surface area contributed by atoms with Gasteiger partial charge in [0.05, 0.1) is 27.4 Å². The molecule has 2 aliphatic rings. The Bertz CT molecular complexity index is 893. The molecular weight excluding hydrogens is 404 g/mol. The highest BCUT2D eigenvalue weighted by atomic mass is 16.5. The molecule has 0 amide bonds. The number of hydrogen-bond donors (Lipinski definition) is 0. The molecule has 2 aromatic carbocycles. The molecule has 1 unspecified atom stereocenters. The van der Waals surface area contributed by atoms with Crippen molar-refractivity contribution in [1.29, 1.82) is 0 Å². The molecule has 6 heteroatoms. The van der Waals surface area contributed by atoms with Gasteiger partial charge in [0.1, 0.15) is 12.0 Å². The van der Waals surface area contributed by atoms with Gasteiger partial charge in [0.25, 0.3) is 0 Å². The molecular formula is C26H34N2O4. The summed E-state index contributed by atoms with van der Waals surface area (Å²) in [4.78, 5) is 16.9. The van der Waals surface area contributed by atoms with Gasteiger partial charge >= 0.3 is 0 Å². The molecule has 0 bridgehead atoms. The fourth-order valence-electron chi connectivity index (χ4n) is 5.28. The molecule has 6 nitrogen and oxygen atoms in total. The molecule has 32 heavy (non-hydrogen) atoms. The number of aldehydes is 1. The zero-order chi connectivity index (χ0) is 22.5. The number of carbonyl (C=O) groups is 1. The molecule has 2 fully saturated rings. The lowest BCUT2D eigenvalue weighted by Crippen LogP contribution is -2.48. The van der Waals surface area contributed by atoms with E-state index in [9.17, 15) is 4.79 Å². The number of piperidine rings is 1. The van der Waals surface area contributed by atoms with E-state index in [0.717, 1.165) is 74.5 Å². The highest BCUT2D eigenvalue weighted by Gasteiger charge is 2.38. The summed E-state index contributed by atoms with van der Waals surface area (Å²) in [5, 5.41) is 0. The Balaban J connectivity index is 1.36. The maximum absolute atomic E-state index is 12.1. The molecule has 0 aromatic heterocycles. The predicted octanol–water partition coefficient (Wildman–Crippen LogP) is 3.73. The third-order valence-corrected chi connectivity index (χ3v) is 7.09. The third kappa shape index (κ3) is 4.76. The van der Waals surface area contributed by atoms with E-state index in [1.54, 1.807) is 21.3 Å². The molecule has 0 aliphatic carbocycles. The summed E-state index contributed by atoms with van der Waals surface area (Å²) in [6, 6.07) is 14.7. The molecule has 2 aromatic rings. The Morgan fingerprint density at radius 1 is 0.875 bits per heavy atom. The lowest BCUT2D eigenvalue weighted by atomic mass is 9.88. The molecule has 0 saturated carbocycles. The van der Waals surface area contributed by atoms with Gasteiger partial charge in [-0.2, -0.15) is 0 Å². The number of methoxy groups -OCH3 is 3. The minimum absolute atomic E-state index is 0.0689. The van der Waals surface area contributed by atoms with Crippen molar-refractivity contribution in [3.8, 4) is 17.2 Å². The van der Waals surface area contributed by atoms with Crippen LogP contribution in [0.3, 0.4) is 0 Å². The Kier molecular flexibility index (Phi) is 7.33. The van der Waals surface area contributed by atoms with E-state index in [1.807, 2.05) is 24.3 Å². The van der Waals surface area contributed by atoms with Gasteiger partial charge in [-0.15, -0.1) is 0 Å². The minimum Gasteiger partial charge on any atom is -0.497 e. The predicted molar refractivity (Wildman–Crippen MR) is 125 cm³/mol. The van der Waals surface area contributed by atoms with Crippen LogP contribution in [-0.2, 0) is 11.3 Å². The first-order chi connectivity index (χ1) is 15.7. The topological polar surface area (TPSA) is 51.2 Å². The van der Waals surface area contributed by atoms with Crippen LogP contribution in [0.1, 0.15) is 36.3 Å². The van der Waals surface area contributed by atoms with E-state index in [0.29, 0.717) is 12.0 Å². The van der Waals surface area contributed by atoms with Crippen molar-refractivity contribution in [2.24, 2.45) is 0 Å². The van der Waals surface area contributed by atoms with Crippen LogP contribution in [-0.4, -0.2) is 69.1 Å². The minimum atomic E-state index is -0.0689. The normalized spacial score (nSPS) is 22.6. The summed E-state index contributed by atoms with van der Waals surface area (Å²) in [6.07, 6.45) is 4.44. The fraction of sp³-hybridized carbons (Fsp3) is 0.500. The molecule has 0 N–H and O–H groups in total. The standard InChI is InChI=1S/C26H34N2O4/c1-30-22-7-5-20(6-8-22)21-10-13-27(14-11-21)23-12-15-28(24(23)18-29)17-19-4-9-25(31-2)26(16-19)32-3/h4-9,16,18,21,23-24H,10-15,17H2,1-3H3/t23-,24?/m1/s1. The van der Waals surface area contributed by atoms with Crippen LogP contribution < -0.4 is 14.2 Å². The molecule has 172 valence electrons. The van der Waals surface area contributed by atoms with Crippen molar-refractivity contribution in [3.05, 3.63) is 53.6 Å². The van der Waals surface area contributed by atoms with Crippen molar-refractivity contribution in [3.63, 3.8) is 0 Å². The molecule has 0 radical (unpaired) electrons. The Morgan fingerprint density at radius 2 is 1.59 bits per heavy atom. The lowest BCUT2D eigenvalue weighted by molar-refractivity contribution is -0.113. The van der Waals surface area contributed by atoms with Gasteiger partial charge in [-0.3, -0.25) is 9.80 Å². The molecule has 2 saturated heterocycles. The van der Waals surface area contributed by atoms with Crippen LogP contribution in [0, 0.1) is 0 Å². The van der Waals surface area contributed by atoms with Gasteiger partial charge in [0, 0.05) is 19.1 Å². The van der Waals surface area contributed by atoms with Gasteiger partial charge in [-0.05, 0) is 73.7 Å². The number of rotatable bonds is 8. The van der Waals surface area contributed by atoms with E-state index in [2.05, 4.69) is 28.0 Å². The van der Waals surface area contributed by atoms with Gasteiger partial charge < -0.3 is 19.0 Å². The van der Waals surface area contributed by atoms with Crippen molar-refractivity contribution >= 4 is 6.29 Å². The summed E-state index contributed by atoms with van der Waals surface area (Å²) >= 11 is 0. The smallest absolute Gasteiger partial charge is 0.161 e. The van der Waals surface area contributed by atoms with Crippen LogP contribution in [0.5, 0.6) is 17.2 Å². The van der Waals surface area contributed by atoms with Crippen molar-refractivity contribution in [2.45, 2.75) is 43.8 Å². The highest BCUT2D eigenvalue weighted by Crippen LogP contribution is 2.34. The van der Waals surface area contributed by atoms with Crippen molar-refractivity contribution in [1.82, 2.24) is 9.80 Å². The van der Waals surface area contributed by atoms with Gasteiger partial charge in [-0.25, -0.2) is 0 Å². The molecule has 2 atom stereocenters. The number of hydrogen-bond acceptors (Lipinski definition) is 6. The number of likely N-dealkylation sites (tertiary alicyclic amines) is 2. The van der Waals surface area contributed by atoms with Gasteiger partial charge in [0.15, 0.2) is 11.5 Å². The zero-order valence-corrected chi connectivity index (χ0v) is 19.3. The van der Waals surface area contributed by atoms with Crippen LogP contribution in [0.25, 0.3) is 0 Å². The van der Waals surface area contributed by atoms with Gasteiger partial charge in [0.2, 0.25) is 0 Å². The lowest BCUT2D eigenvalue weighted by Gasteiger charge is -2.38. The van der Waals surface area contributed by atoms with E-state index in [4.69, 9.17) is 14.2 Å². The SMILES string of the molecule is COc1ccc(C2CCN([C@@H]3CCN(Cc4ccc(OC)c(OC)c4)C3C=O)CC2)cc1. The second kappa shape index (κ2) is 10.4. The molecule has 2 aliphatic heterocycles. The number of nitrogens with zero attached hydrogens (tertiary/aromatic N) is 2. The number of benzene rings is 2. The first-order valence-electron chi connectivity index (χ1n) is 11.4. The average Bonchev–Trinajstić information content (AvgIpc) is 3.26. The molecule has 4 rings (SSSR count). The summed E-state index contributed by atoms with van der Waals surface area (Å²) < 4.78 is 16.1. The monoisotopic (exact) mass is 438 g/mol. The van der Waals surface area contributed by atoms with Crippen LogP contribution in [0.4, 0.5) is 0 Å². The Morgan fingerprint density at radius 3 is 2.22 bits per heavy atom. The number of ether oxygens (including phenoxy) is 3. The summed E-state index contributed by atoms with van der Waals surface area (Å²) in [5.41, 5.74) is 2.52. The van der Waals surface area contributed by atoms with Crippen LogP contribution >= 0.6 is 0 Å². The average molecular weight is 439 g/mol. The molecule has 2 heterocycles. The first-order valence-corrected chi connectivity index (χ1v) is 11.4. The van der Waals surface area contributed by atoms with E-state index >= 15 is 0 Å². The Hall–Kier alpha value is -2.57. The second-order valence-electron chi connectivity index (χ2n) is 8.73. The maximum atomic E-state index is 12.1. The van der Waals surface area contributed by atoms with Crippen molar-refractivity contribution in [2.75, 3.05) is 41.0 Å². The van der Waals surface area contributed by atoms with Gasteiger partial charge in [-0.1, -0.05) is 18.2 Å². The first kappa shape index (κ1) is 22.6. The van der Waals surface area contributed by atoms with E-state index < -0.39 is 0 Å². The van der Waals surface area contributed by atoms with E-state index in [-0.39, 0.29) is 6.04 Å². The molecule has 0 spiro atoms. The van der Waals surface area contributed by atoms with E-state index in [1.165, 1.54) is 5.56 Å². The quantitative estimate of drug-likeness (QED) is 0.586. The van der Waals surface area contributed by atoms with Crippen LogP contribution in [0.2, 0.25) is 0 Å². The fourth-order valence-corrected chi connectivity index (χ4v) is 5.28. The summed E-state index contributed by atoms with van der Waals surface area (Å²) in [5.74, 6) is 2.93. The second-order valence-corrected chi connectivity index (χ2v) is 8.73. The number of carbonyl (C=O) groups excluding carboxylic acids is 1. The Labute approximate surface area is 191 Å². The summed E-state index contributed by atoms with van der Waals surface area (Å²) in [7, 11) is 4.99. The zero-order valence-electron chi connectivity index (χ0n) is 19.3. The van der Waals surface area contributed by atoms with Crippen LogP contribution in [0.15, 0.2) is 42.5 Å². The largest absolute Gasteiger partial charge is 0.497 e. The summed E-state index contributed by atoms with van der Waals surface area (Å²) in [6.45, 7) is 3.75. The highest BCUT2D eigenvalue weighted by molar-refractivity contribution is 5.60.